The summed E-state index contributed by atoms with van der Waals surface area (Å²) in [5.41, 5.74) is 3.18. The van der Waals surface area contributed by atoms with Gasteiger partial charge in [-0.05, 0) is 47.1 Å². The number of methoxy groups -OCH3 is 1. The maximum atomic E-state index is 13.3. The molecule has 5 heterocycles. The van der Waals surface area contributed by atoms with Gasteiger partial charge in [-0.3, -0.25) is 19.9 Å². The van der Waals surface area contributed by atoms with Gasteiger partial charge in [0.05, 0.1) is 31.1 Å². The van der Waals surface area contributed by atoms with Crippen LogP contribution in [0.1, 0.15) is 37.2 Å². The third-order valence-corrected chi connectivity index (χ3v) is 7.28. The van der Waals surface area contributed by atoms with Crippen LogP contribution < -0.4 is 10.1 Å². The molecule has 1 N–H and O–H groups in total. The highest BCUT2D eigenvalue weighted by Gasteiger charge is 2.27. The minimum atomic E-state index is -0.369. The minimum absolute atomic E-state index is 0.189. The van der Waals surface area contributed by atoms with Crippen molar-refractivity contribution in [3.05, 3.63) is 74.1 Å². The van der Waals surface area contributed by atoms with E-state index < -0.39 is 0 Å². The second-order valence-corrected chi connectivity index (χ2v) is 10.3. The van der Waals surface area contributed by atoms with Crippen molar-refractivity contribution in [2.45, 2.75) is 19.9 Å². The molecule has 0 saturated heterocycles. The number of hydrogen-bond acceptors (Lipinski definition) is 8. The van der Waals surface area contributed by atoms with E-state index in [0.29, 0.717) is 51.8 Å². The molecule has 12 heteroatoms. The third-order valence-electron chi connectivity index (χ3n) is 5.65. The molecule has 5 rings (SSSR count). The zero-order valence-electron chi connectivity index (χ0n) is 19.2. The largest absolute Gasteiger partial charge is 0.494 e. The average molecular weight is 589 g/mol. The number of nitrogens with zero attached hydrogens (tertiary/aromatic N) is 4. The summed E-state index contributed by atoms with van der Waals surface area (Å²) < 4.78 is 11.3. The molecule has 0 radical (unpaired) electrons. The molecular formula is C24H19BrClN5O4S. The molecule has 0 unspecified atom stereocenters. The van der Waals surface area contributed by atoms with Crippen LogP contribution in [0.3, 0.4) is 0 Å². The van der Waals surface area contributed by atoms with Crippen LogP contribution in [0.5, 0.6) is 5.75 Å². The van der Waals surface area contributed by atoms with Gasteiger partial charge in [-0.25, -0.2) is 9.97 Å². The van der Waals surface area contributed by atoms with Gasteiger partial charge in [-0.2, -0.15) is 0 Å². The molecule has 0 spiro atoms. The molecule has 9 nitrogen and oxygen atoms in total. The lowest BCUT2D eigenvalue weighted by Gasteiger charge is -2.25. The van der Waals surface area contributed by atoms with Crippen LogP contribution in [0.25, 0.3) is 11.1 Å². The number of carbonyl (C=O) groups excluding carboxylic acids is 2. The summed E-state index contributed by atoms with van der Waals surface area (Å²) in [5, 5.41) is 3.62. The molecule has 184 valence electrons. The molecular weight excluding hydrogens is 570 g/mol. The summed E-state index contributed by atoms with van der Waals surface area (Å²) in [7, 11) is 1.53. The lowest BCUT2D eigenvalue weighted by Crippen LogP contribution is -2.35. The molecule has 4 aromatic heterocycles. The fourth-order valence-electron chi connectivity index (χ4n) is 3.93. The Morgan fingerprint density at radius 2 is 2.06 bits per heavy atom. The Morgan fingerprint density at radius 3 is 2.81 bits per heavy atom. The predicted octanol–water partition coefficient (Wildman–Crippen LogP) is 5.38. The highest BCUT2D eigenvalue weighted by Crippen LogP contribution is 2.35. The first-order valence-corrected chi connectivity index (χ1v) is 12.8. The van der Waals surface area contributed by atoms with Gasteiger partial charge in [-0.15, -0.1) is 0 Å². The Bertz CT molecular complexity index is 1490. The van der Waals surface area contributed by atoms with Crippen molar-refractivity contribution < 1.29 is 18.7 Å². The molecule has 2 amide bonds. The quantitative estimate of drug-likeness (QED) is 0.312. The van der Waals surface area contributed by atoms with Gasteiger partial charge in [0.25, 0.3) is 11.8 Å². The fraction of sp³-hybridized carbons (Fsp3) is 0.208. The second-order valence-electron chi connectivity index (χ2n) is 8.00. The van der Waals surface area contributed by atoms with E-state index >= 15 is 0 Å². The number of halogens is 2. The molecule has 0 saturated carbocycles. The summed E-state index contributed by atoms with van der Waals surface area (Å²) in [5.74, 6) is 0.198. The maximum absolute atomic E-state index is 13.3. The number of hydrogen-bond donors (Lipinski definition) is 1. The summed E-state index contributed by atoms with van der Waals surface area (Å²) >= 11 is 10.7. The second kappa shape index (κ2) is 10.00. The predicted molar refractivity (Wildman–Crippen MR) is 139 cm³/mol. The molecule has 0 bridgehead atoms. The monoisotopic (exact) mass is 587 g/mol. The number of aryl methyl sites for hydroxylation is 1. The number of ether oxygens (including phenoxy) is 1. The number of pyridine rings is 2. The number of carbonyl (C=O) groups is 2. The average Bonchev–Trinajstić information content (AvgIpc) is 3.48. The Morgan fingerprint density at radius 1 is 1.22 bits per heavy atom. The zero-order chi connectivity index (χ0) is 25.4. The molecule has 1 aliphatic rings. The number of nitrogens with one attached hydrogen (secondary N) is 1. The molecule has 0 fully saturated rings. The van der Waals surface area contributed by atoms with E-state index in [9.17, 15) is 9.59 Å². The molecule has 0 aliphatic carbocycles. The van der Waals surface area contributed by atoms with E-state index in [1.54, 1.807) is 29.2 Å². The number of aromatic nitrogens is 3. The van der Waals surface area contributed by atoms with Crippen LogP contribution in [0.4, 0.5) is 5.13 Å². The van der Waals surface area contributed by atoms with Crippen LogP contribution in [-0.2, 0) is 13.0 Å². The minimum Gasteiger partial charge on any atom is -0.494 e. The maximum Gasteiger partial charge on any atom is 0.289 e. The van der Waals surface area contributed by atoms with Gasteiger partial charge in [-0.1, -0.05) is 22.9 Å². The van der Waals surface area contributed by atoms with Crippen molar-refractivity contribution in [2.75, 3.05) is 19.0 Å². The van der Waals surface area contributed by atoms with Crippen molar-refractivity contribution in [3.8, 4) is 16.9 Å². The van der Waals surface area contributed by atoms with Crippen molar-refractivity contribution in [1.82, 2.24) is 19.9 Å². The first kappa shape index (κ1) is 24.4. The van der Waals surface area contributed by atoms with Crippen LogP contribution in [0.2, 0.25) is 5.15 Å². The standard InChI is InChI=1S/C24H19BrClN5O4S/c1-12-7-13(14-8-21(26)28-10-18(14)34-2)15(9-27-12)22(32)30-24-29-16-5-6-31(11-19(16)36-24)23(33)17-3-4-20(25)35-17/h3-4,7-10H,5-6,11H2,1-2H3,(H,29,30,32). The van der Waals surface area contributed by atoms with Crippen LogP contribution in [0, 0.1) is 6.92 Å². The SMILES string of the molecule is COc1cnc(Cl)cc1-c1cc(C)ncc1C(=O)Nc1nc2c(s1)CN(C(=O)c1ccc(Br)o1)CC2. The van der Waals surface area contributed by atoms with Crippen LogP contribution in [-0.4, -0.2) is 45.3 Å². The number of furan rings is 1. The Kier molecular flexibility index (Phi) is 6.78. The molecule has 0 atom stereocenters. The molecule has 0 aromatic carbocycles. The van der Waals surface area contributed by atoms with Gasteiger partial charge in [0, 0.05) is 40.9 Å². The summed E-state index contributed by atoms with van der Waals surface area (Å²) in [6.45, 7) is 2.74. The number of anilines is 1. The van der Waals surface area contributed by atoms with Gasteiger partial charge in [0.15, 0.2) is 15.6 Å². The fourth-order valence-corrected chi connectivity index (χ4v) is 5.41. The van der Waals surface area contributed by atoms with Crippen molar-refractivity contribution >= 4 is 55.8 Å². The van der Waals surface area contributed by atoms with Crippen molar-refractivity contribution in [2.24, 2.45) is 0 Å². The summed E-state index contributed by atoms with van der Waals surface area (Å²) in [4.78, 5) is 41.7. The van der Waals surface area contributed by atoms with Crippen molar-refractivity contribution in [1.29, 1.82) is 0 Å². The van der Waals surface area contributed by atoms with E-state index in [2.05, 4.69) is 36.2 Å². The van der Waals surface area contributed by atoms with Crippen molar-refractivity contribution in [3.63, 3.8) is 0 Å². The van der Waals surface area contributed by atoms with Gasteiger partial charge in [0.2, 0.25) is 0 Å². The smallest absolute Gasteiger partial charge is 0.289 e. The first-order chi connectivity index (χ1) is 17.3. The number of fused-ring (bicyclic) bond motifs is 1. The van der Waals surface area contributed by atoms with Crippen LogP contribution >= 0.6 is 38.9 Å². The zero-order valence-corrected chi connectivity index (χ0v) is 22.3. The van der Waals surface area contributed by atoms with Gasteiger partial charge in [0.1, 0.15) is 10.9 Å². The number of thiazole rings is 1. The number of rotatable bonds is 5. The Hall–Kier alpha value is -3.28. The van der Waals surface area contributed by atoms with Crippen LogP contribution in [0.15, 0.2) is 45.7 Å². The molecule has 4 aromatic rings. The van der Waals surface area contributed by atoms with E-state index in [1.165, 1.54) is 30.8 Å². The number of amides is 2. The van der Waals surface area contributed by atoms with Gasteiger partial charge < -0.3 is 14.1 Å². The lowest BCUT2D eigenvalue weighted by molar-refractivity contribution is 0.0702. The Balaban J connectivity index is 1.38. The lowest BCUT2D eigenvalue weighted by atomic mass is 10.0. The van der Waals surface area contributed by atoms with Gasteiger partial charge >= 0.3 is 0 Å². The highest BCUT2D eigenvalue weighted by atomic mass is 79.9. The highest BCUT2D eigenvalue weighted by molar-refractivity contribution is 9.10. The topological polar surface area (TPSA) is 110 Å². The molecule has 1 aliphatic heterocycles. The van der Waals surface area contributed by atoms with E-state index in [4.69, 9.17) is 20.8 Å². The summed E-state index contributed by atoms with van der Waals surface area (Å²) in [6, 6.07) is 6.77. The Labute approximate surface area is 223 Å². The summed E-state index contributed by atoms with van der Waals surface area (Å²) in [6.07, 6.45) is 3.61. The normalized spacial score (nSPS) is 12.8. The first-order valence-electron chi connectivity index (χ1n) is 10.8. The molecule has 36 heavy (non-hydrogen) atoms. The van der Waals surface area contributed by atoms with E-state index in [-0.39, 0.29) is 22.7 Å². The van der Waals surface area contributed by atoms with E-state index in [0.717, 1.165) is 16.3 Å². The third kappa shape index (κ3) is 4.86. The van der Waals surface area contributed by atoms with E-state index in [1.807, 2.05) is 6.92 Å².